The second-order valence-electron chi connectivity index (χ2n) is 7.09. The van der Waals surface area contributed by atoms with Crippen LogP contribution in [-0.2, 0) is 0 Å². The fraction of sp³-hybridized carbons (Fsp3) is 0.400. The predicted octanol–water partition coefficient (Wildman–Crippen LogP) is 3.37. The van der Waals surface area contributed by atoms with Gasteiger partial charge >= 0.3 is 0 Å². The molecule has 144 valence electrons. The maximum Gasteiger partial charge on any atom is 0.268 e. The first-order chi connectivity index (χ1) is 12.8. The number of amides is 1. The van der Waals surface area contributed by atoms with Gasteiger partial charge in [0, 0.05) is 42.6 Å². The largest absolute Gasteiger partial charge is 0.371 e. The highest BCUT2D eigenvalue weighted by atomic mass is 19.2. The third-order valence-corrected chi connectivity index (χ3v) is 5.12. The van der Waals surface area contributed by atoms with Gasteiger partial charge in [0.25, 0.3) is 5.91 Å². The number of benzene rings is 1. The van der Waals surface area contributed by atoms with Gasteiger partial charge in [0.2, 0.25) is 0 Å². The van der Waals surface area contributed by atoms with Crippen molar-refractivity contribution in [3.05, 3.63) is 52.3 Å². The summed E-state index contributed by atoms with van der Waals surface area (Å²) in [6.45, 7) is 6.88. The molecule has 1 aliphatic heterocycles. The van der Waals surface area contributed by atoms with Crippen LogP contribution in [0.5, 0.6) is 0 Å². The molecule has 0 spiro atoms. The molecule has 1 aromatic carbocycles. The Morgan fingerprint density at radius 1 is 1.26 bits per heavy atom. The smallest absolute Gasteiger partial charge is 0.268 e. The van der Waals surface area contributed by atoms with Crippen LogP contribution in [0.4, 0.5) is 14.5 Å². The van der Waals surface area contributed by atoms with E-state index in [2.05, 4.69) is 10.3 Å². The highest BCUT2D eigenvalue weighted by Crippen LogP contribution is 2.25. The van der Waals surface area contributed by atoms with E-state index in [-0.39, 0.29) is 17.6 Å². The minimum Gasteiger partial charge on any atom is -0.371 e. The SMILES string of the molecule is CC(=O)c1c(C)[nH]c(C(=O)NC[C@H]2CCN(c3ccc(F)c(F)c3)C2)c1C. The number of Topliss-reactive ketones (excluding diaryl/α,β-unsaturated/α-hetero) is 1. The molecule has 0 aliphatic carbocycles. The van der Waals surface area contributed by atoms with Crippen molar-refractivity contribution in [2.24, 2.45) is 5.92 Å². The molecule has 2 heterocycles. The van der Waals surface area contributed by atoms with Crippen LogP contribution >= 0.6 is 0 Å². The summed E-state index contributed by atoms with van der Waals surface area (Å²) in [6.07, 6.45) is 0.848. The average molecular weight is 375 g/mol. The number of H-pyrrole nitrogens is 1. The summed E-state index contributed by atoms with van der Waals surface area (Å²) in [5.41, 5.74) is 2.96. The molecular formula is C20H23F2N3O2. The van der Waals surface area contributed by atoms with Gasteiger partial charge in [-0.1, -0.05) is 0 Å². The Bertz CT molecular complexity index is 892. The van der Waals surface area contributed by atoms with E-state index >= 15 is 0 Å². The lowest BCUT2D eigenvalue weighted by atomic mass is 10.1. The fourth-order valence-corrected chi connectivity index (χ4v) is 3.75. The number of aryl methyl sites for hydroxylation is 1. The third kappa shape index (κ3) is 3.86. The van der Waals surface area contributed by atoms with E-state index in [0.717, 1.165) is 19.0 Å². The summed E-state index contributed by atoms with van der Waals surface area (Å²) >= 11 is 0. The van der Waals surface area contributed by atoms with E-state index in [1.807, 2.05) is 4.90 Å². The van der Waals surface area contributed by atoms with E-state index in [1.165, 1.54) is 13.0 Å². The van der Waals surface area contributed by atoms with E-state index in [0.29, 0.717) is 41.3 Å². The Hall–Kier alpha value is -2.70. The van der Waals surface area contributed by atoms with Crippen LogP contribution in [0.1, 0.15) is 45.4 Å². The molecule has 0 radical (unpaired) electrons. The number of ketones is 1. The zero-order valence-electron chi connectivity index (χ0n) is 15.7. The summed E-state index contributed by atoms with van der Waals surface area (Å²) in [4.78, 5) is 29.2. The Balaban J connectivity index is 1.60. The molecule has 1 fully saturated rings. The number of aromatic nitrogens is 1. The Kier molecular flexibility index (Phi) is 5.30. The molecule has 0 bridgehead atoms. The van der Waals surface area contributed by atoms with Crippen molar-refractivity contribution in [1.82, 2.24) is 10.3 Å². The summed E-state index contributed by atoms with van der Waals surface area (Å²) in [6, 6.07) is 3.89. The van der Waals surface area contributed by atoms with Crippen molar-refractivity contribution in [2.45, 2.75) is 27.2 Å². The third-order valence-electron chi connectivity index (χ3n) is 5.12. The van der Waals surface area contributed by atoms with Gasteiger partial charge in [0.05, 0.1) is 0 Å². The van der Waals surface area contributed by atoms with Crippen LogP contribution in [0, 0.1) is 31.4 Å². The Labute approximate surface area is 156 Å². The topological polar surface area (TPSA) is 65.2 Å². The van der Waals surface area contributed by atoms with Crippen molar-refractivity contribution in [1.29, 1.82) is 0 Å². The highest BCUT2D eigenvalue weighted by molar-refractivity contribution is 6.02. The number of rotatable bonds is 5. The van der Waals surface area contributed by atoms with E-state index in [9.17, 15) is 18.4 Å². The fourth-order valence-electron chi connectivity index (χ4n) is 3.75. The lowest BCUT2D eigenvalue weighted by molar-refractivity contribution is 0.0943. The van der Waals surface area contributed by atoms with Crippen LogP contribution in [0.25, 0.3) is 0 Å². The molecule has 5 nitrogen and oxygen atoms in total. The molecule has 2 N–H and O–H groups in total. The minimum atomic E-state index is -0.858. The van der Waals surface area contributed by atoms with Gasteiger partial charge in [-0.25, -0.2) is 8.78 Å². The van der Waals surface area contributed by atoms with Gasteiger partial charge in [-0.3, -0.25) is 9.59 Å². The zero-order valence-corrected chi connectivity index (χ0v) is 15.7. The molecule has 3 rings (SSSR count). The van der Waals surface area contributed by atoms with Crippen LogP contribution in [0.15, 0.2) is 18.2 Å². The molecule has 7 heteroatoms. The molecule has 27 heavy (non-hydrogen) atoms. The highest BCUT2D eigenvalue weighted by Gasteiger charge is 2.25. The molecule has 1 aromatic heterocycles. The first-order valence-electron chi connectivity index (χ1n) is 8.96. The van der Waals surface area contributed by atoms with Gasteiger partial charge < -0.3 is 15.2 Å². The molecule has 0 saturated carbocycles. The summed E-state index contributed by atoms with van der Waals surface area (Å²) in [5.74, 6) is -1.82. The molecule has 1 amide bonds. The standard InChI is InChI=1S/C20H23F2N3O2/c1-11-18(13(3)26)12(2)24-19(11)20(27)23-9-14-6-7-25(10-14)15-4-5-16(21)17(22)8-15/h4-5,8,14,24H,6-7,9-10H2,1-3H3,(H,23,27)/t14-/m1/s1. The predicted molar refractivity (Wildman–Crippen MR) is 99.3 cm³/mol. The van der Waals surface area contributed by atoms with E-state index < -0.39 is 11.6 Å². The normalized spacial score (nSPS) is 16.6. The first kappa shape index (κ1) is 19.1. The van der Waals surface area contributed by atoms with Crippen molar-refractivity contribution >= 4 is 17.4 Å². The van der Waals surface area contributed by atoms with Crippen LogP contribution < -0.4 is 10.2 Å². The van der Waals surface area contributed by atoms with E-state index in [1.54, 1.807) is 19.9 Å². The second-order valence-corrected chi connectivity index (χ2v) is 7.09. The summed E-state index contributed by atoms with van der Waals surface area (Å²) in [7, 11) is 0. The average Bonchev–Trinajstić information content (AvgIpc) is 3.19. The van der Waals surface area contributed by atoms with Crippen LogP contribution in [0.2, 0.25) is 0 Å². The molecule has 0 unspecified atom stereocenters. The van der Waals surface area contributed by atoms with Crippen molar-refractivity contribution < 1.29 is 18.4 Å². The summed E-state index contributed by atoms with van der Waals surface area (Å²) < 4.78 is 26.5. The number of carbonyl (C=O) groups is 2. The molecule has 1 saturated heterocycles. The van der Waals surface area contributed by atoms with Crippen molar-refractivity contribution in [2.75, 3.05) is 24.5 Å². The van der Waals surface area contributed by atoms with Gasteiger partial charge in [-0.15, -0.1) is 0 Å². The van der Waals surface area contributed by atoms with Crippen molar-refractivity contribution in [3.8, 4) is 0 Å². The van der Waals surface area contributed by atoms with Gasteiger partial charge in [0.1, 0.15) is 5.69 Å². The lowest BCUT2D eigenvalue weighted by Crippen LogP contribution is -2.31. The second kappa shape index (κ2) is 7.50. The lowest BCUT2D eigenvalue weighted by Gasteiger charge is -2.19. The number of hydrogen-bond donors (Lipinski definition) is 2. The van der Waals surface area contributed by atoms with E-state index in [4.69, 9.17) is 0 Å². The number of nitrogens with one attached hydrogen (secondary N) is 2. The van der Waals surface area contributed by atoms with Crippen LogP contribution in [-0.4, -0.2) is 36.3 Å². The number of aromatic amines is 1. The monoisotopic (exact) mass is 375 g/mol. The number of anilines is 1. The minimum absolute atomic E-state index is 0.0711. The van der Waals surface area contributed by atoms with Gasteiger partial charge in [-0.05, 0) is 50.8 Å². The number of carbonyl (C=O) groups excluding carboxylic acids is 2. The van der Waals surface area contributed by atoms with Crippen molar-refractivity contribution in [3.63, 3.8) is 0 Å². The Morgan fingerprint density at radius 3 is 2.63 bits per heavy atom. The molecule has 1 atom stereocenters. The maximum atomic E-state index is 13.4. The maximum absolute atomic E-state index is 13.4. The molecular weight excluding hydrogens is 352 g/mol. The number of halogens is 2. The zero-order chi connectivity index (χ0) is 19.7. The molecule has 1 aliphatic rings. The number of hydrogen-bond acceptors (Lipinski definition) is 3. The Morgan fingerprint density at radius 2 is 2.00 bits per heavy atom. The van der Waals surface area contributed by atoms with Crippen LogP contribution in [0.3, 0.4) is 0 Å². The quantitative estimate of drug-likeness (QED) is 0.788. The first-order valence-corrected chi connectivity index (χ1v) is 8.96. The van der Waals surface area contributed by atoms with Gasteiger partial charge in [-0.2, -0.15) is 0 Å². The van der Waals surface area contributed by atoms with Gasteiger partial charge in [0.15, 0.2) is 17.4 Å². The molecule has 2 aromatic rings. The summed E-state index contributed by atoms with van der Waals surface area (Å²) in [5, 5.41) is 2.91. The number of nitrogens with zero attached hydrogens (tertiary/aromatic N) is 1.